The van der Waals surface area contributed by atoms with Gasteiger partial charge in [0.25, 0.3) is 0 Å². The van der Waals surface area contributed by atoms with E-state index in [1.54, 1.807) is 12.4 Å². The maximum Gasteiger partial charge on any atom is 0.195 e. The third-order valence-electron chi connectivity index (χ3n) is 2.49. The molecule has 66 valence electrons. The van der Waals surface area contributed by atoms with Crippen LogP contribution in [0, 0.1) is 0 Å². The van der Waals surface area contributed by atoms with Crippen molar-refractivity contribution < 1.29 is 4.79 Å². The van der Waals surface area contributed by atoms with E-state index in [9.17, 15) is 4.79 Å². The molecule has 0 saturated heterocycles. The quantitative estimate of drug-likeness (QED) is 0.603. The SMILES string of the molecule is O=C1C2=CN=CC2=Cc2ccccc21. The zero-order valence-corrected chi connectivity index (χ0v) is 7.40. The minimum Gasteiger partial charge on any atom is -0.289 e. The summed E-state index contributed by atoms with van der Waals surface area (Å²) in [4.78, 5) is 15.9. The second-order valence-electron chi connectivity index (χ2n) is 3.34. The van der Waals surface area contributed by atoms with Crippen LogP contribution in [0.3, 0.4) is 0 Å². The fourth-order valence-electron chi connectivity index (χ4n) is 1.78. The first-order valence-electron chi connectivity index (χ1n) is 4.45. The van der Waals surface area contributed by atoms with E-state index in [0.29, 0.717) is 5.57 Å². The average molecular weight is 181 g/mol. The zero-order chi connectivity index (χ0) is 9.54. The lowest BCUT2D eigenvalue weighted by Gasteiger charge is -2.12. The van der Waals surface area contributed by atoms with Gasteiger partial charge in [-0.05, 0) is 11.6 Å². The van der Waals surface area contributed by atoms with Crippen LogP contribution in [-0.2, 0) is 0 Å². The lowest BCUT2D eigenvalue weighted by molar-refractivity contribution is 0.103. The van der Waals surface area contributed by atoms with Gasteiger partial charge in [-0.3, -0.25) is 9.79 Å². The normalized spacial score (nSPS) is 17.3. The fraction of sp³-hybridized carbons (Fsp3) is 0. The molecule has 1 aliphatic heterocycles. The lowest BCUT2D eigenvalue weighted by atomic mass is 9.89. The van der Waals surface area contributed by atoms with Gasteiger partial charge in [-0.15, -0.1) is 0 Å². The van der Waals surface area contributed by atoms with Crippen molar-refractivity contribution in [1.29, 1.82) is 0 Å². The minimum absolute atomic E-state index is 0.0793. The van der Waals surface area contributed by atoms with Gasteiger partial charge in [0, 0.05) is 29.1 Å². The van der Waals surface area contributed by atoms with E-state index in [1.165, 1.54) is 0 Å². The Hall–Kier alpha value is -1.96. The highest BCUT2D eigenvalue weighted by Gasteiger charge is 2.24. The Kier molecular flexibility index (Phi) is 1.34. The number of benzene rings is 1. The number of hydrogen-bond donors (Lipinski definition) is 0. The Morgan fingerprint density at radius 1 is 1.14 bits per heavy atom. The van der Waals surface area contributed by atoms with Crippen LogP contribution >= 0.6 is 0 Å². The average Bonchev–Trinajstić information content (AvgIpc) is 2.66. The summed E-state index contributed by atoms with van der Waals surface area (Å²) in [5.41, 5.74) is 3.39. The van der Waals surface area contributed by atoms with E-state index in [4.69, 9.17) is 0 Å². The molecule has 0 unspecified atom stereocenters. The van der Waals surface area contributed by atoms with Crippen LogP contribution < -0.4 is 0 Å². The fourth-order valence-corrected chi connectivity index (χ4v) is 1.78. The van der Waals surface area contributed by atoms with Gasteiger partial charge in [0.2, 0.25) is 0 Å². The van der Waals surface area contributed by atoms with Crippen molar-refractivity contribution in [3.8, 4) is 0 Å². The first kappa shape index (κ1) is 7.44. The molecule has 0 saturated carbocycles. The number of aliphatic imine (C=N–C) groups is 1. The first-order chi connectivity index (χ1) is 6.86. The molecular formula is C12H7NO. The molecule has 0 aromatic heterocycles. The zero-order valence-electron chi connectivity index (χ0n) is 7.40. The highest BCUT2D eigenvalue weighted by atomic mass is 16.1. The molecule has 1 heterocycles. The first-order valence-corrected chi connectivity index (χ1v) is 4.45. The highest BCUT2D eigenvalue weighted by Crippen LogP contribution is 2.29. The van der Waals surface area contributed by atoms with Gasteiger partial charge in [0.05, 0.1) is 0 Å². The van der Waals surface area contributed by atoms with Gasteiger partial charge < -0.3 is 0 Å². The molecule has 0 fully saturated rings. The van der Waals surface area contributed by atoms with Gasteiger partial charge in [0.1, 0.15) is 0 Å². The second kappa shape index (κ2) is 2.51. The number of fused-ring (bicyclic) bond motifs is 2. The van der Waals surface area contributed by atoms with Gasteiger partial charge in [-0.25, -0.2) is 0 Å². The van der Waals surface area contributed by atoms with Crippen molar-refractivity contribution in [3.63, 3.8) is 0 Å². The van der Waals surface area contributed by atoms with Crippen LogP contribution in [0.4, 0.5) is 0 Å². The van der Waals surface area contributed by atoms with Crippen LogP contribution in [0.1, 0.15) is 15.9 Å². The van der Waals surface area contributed by atoms with Crippen molar-refractivity contribution in [2.45, 2.75) is 0 Å². The van der Waals surface area contributed by atoms with Crippen LogP contribution in [0.5, 0.6) is 0 Å². The number of rotatable bonds is 0. The van der Waals surface area contributed by atoms with Gasteiger partial charge in [-0.2, -0.15) is 0 Å². The van der Waals surface area contributed by atoms with E-state index >= 15 is 0 Å². The van der Waals surface area contributed by atoms with E-state index < -0.39 is 0 Å². The Morgan fingerprint density at radius 2 is 2.00 bits per heavy atom. The Morgan fingerprint density at radius 3 is 2.93 bits per heavy atom. The summed E-state index contributed by atoms with van der Waals surface area (Å²) in [5, 5.41) is 0. The molecule has 1 aliphatic carbocycles. The summed E-state index contributed by atoms with van der Waals surface area (Å²) in [7, 11) is 0. The topological polar surface area (TPSA) is 29.4 Å². The Balaban J connectivity index is 2.31. The maximum absolute atomic E-state index is 11.9. The highest BCUT2D eigenvalue weighted by molar-refractivity contribution is 6.22. The summed E-state index contributed by atoms with van der Waals surface area (Å²) in [5.74, 6) is 0.0793. The van der Waals surface area contributed by atoms with Gasteiger partial charge >= 0.3 is 0 Å². The van der Waals surface area contributed by atoms with E-state index in [-0.39, 0.29) is 5.78 Å². The number of nitrogens with zero attached hydrogens (tertiary/aromatic N) is 1. The number of carbonyl (C=O) groups excluding carboxylic acids is 1. The van der Waals surface area contributed by atoms with Crippen LogP contribution in [0.25, 0.3) is 6.08 Å². The third-order valence-corrected chi connectivity index (χ3v) is 2.49. The predicted molar refractivity (Wildman–Crippen MR) is 55.3 cm³/mol. The van der Waals surface area contributed by atoms with Crippen LogP contribution in [0.15, 0.2) is 46.6 Å². The van der Waals surface area contributed by atoms with Crippen LogP contribution in [-0.4, -0.2) is 12.0 Å². The largest absolute Gasteiger partial charge is 0.289 e. The maximum atomic E-state index is 11.9. The van der Waals surface area contributed by atoms with Crippen LogP contribution in [0.2, 0.25) is 0 Å². The summed E-state index contributed by atoms with van der Waals surface area (Å²) in [6, 6.07) is 7.61. The van der Waals surface area contributed by atoms with Crippen molar-refractivity contribution >= 4 is 18.1 Å². The molecule has 0 bridgehead atoms. The standard InChI is InChI=1S/C12H7NO/c14-12-10-4-2-1-3-8(10)5-9-6-13-7-11(9)12/h1-7H. The number of allylic oxidation sites excluding steroid dienone is 2. The molecule has 0 radical (unpaired) electrons. The molecule has 2 nitrogen and oxygen atoms in total. The molecule has 2 aliphatic rings. The van der Waals surface area contributed by atoms with E-state index in [1.807, 2.05) is 30.3 Å². The van der Waals surface area contributed by atoms with E-state index in [0.717, 1.165) is 16.7 Å². The molecular weight excluding hydrogens is 174 g/mol. The number of Topliss-reactive ketones (excluding diaryl/α,β-unsaturated/α-hetero) is 1. The molecule has 1 aromatic rings. The van der Waals surface area contributed by atoms with Gasteiger partial charge in [-0.1, -0.05) is 24.3 Å². The third kappa shape index (κ3) is 0.852. The Labute approximate surface area is 81.3 Å². The number of ketones is 1. The molecule has 2 heteroatoms. The second-order valence-corrected chi connectivity index (χ2v) is 3.34. The smallest absolute Gasteiger partial charge is 0.195 e. The molecule has 0 N–H and O–H groups in total. The molecule has 0 spiro atoms. The van der Waals surface area contributed by atoms with E-state index in [2.05, 4.69) is 4.99 Å². The molecule has 0 amide bonds. The molecule has 3 rings (SSSR count). The lowest BCUT2D eigenvalue weighted by Crippen LogP contribution is -2.10. The number of carbonyl (C=O) groups is 1. The minimum atomic E-state index is 0.0793. The predicted octanol–water partition coefficient (Wildman–Crippen LogP) is 2.23. The summed E-state index contributed by atoms with van der Waals surface area (Å²) >= 11 is 0. The van der Waals surface area contributed by atoms with Crippen molar-refractivity contribution in [2.75, 3.05) is 0 Å². The monoisotopic (exact) mass is 181 g/mol. The van der Waals surface area contributed by atoms with Gasteiger partial charge in [0.15, 0.2) is 5.78 Å². The number of hydrogen-bond acceptors (Lipinski definition) is 2. The van der Waals surface area contributed by atoms with Crippen molar-refractivity contribution in [3.05, 3.63) is 52.7 Å². The summed E-state index contributed by atoms with van der Waals surface area (Å²) < 4.78 is 0. The Bertz CT molecular complexity index is 521. The molecule has 14 heavy (non-hydrogen) atoms. The summed E-state index contributed by atoms with van der Waals surface area (Å²) in [6.45, 7) is 0. The van der Waals surface area contributed by atoms with Crippen molar-refractivity contribution in [1.82, 2.24) is 0 Å². The molecule has 0 atom stereocenters. The summed E-state index contributed by atoms with van der Waals surface area (Å²) in [6.07, 6.45) is 5.35. The van der Waals surface area contributed by atoms with Crippen molar-refractivity contribution in [2.24, 2.45) is 4.99 Å². The molecule has 1 aromatic carbocycles.